The van der Waals surface area contributed by atoms with Crippen LogP contribution in [0.4, 0.5) is 16.3 Å². The quantitative estimate of drug-likeness (QED) is 0.689. The average molecular weight is 350 g/mol. The highest BCUT2D eigenvalue weighted by molar-refractivity contribution is 7.82. The average Bonchev–Trinajstić information content (AvgIpc) is 2.97. The van der Waals surface area contributed by atoms with Crippen molar-refractivity contribution in [3.05, 3.63) is 47.5 Å². The normalized spacial score (nSPS) is 10.6. The zero-order valence-corrected chi connectivity index (χ0v) is 13.6. The molecule has 0 atom stereocenters. The fraction of sp³-hybridized carbons (Fsp3) is 0.0667. The van der Waals surface area contributed by atoms with Gasteiger partial charge < -0.3 is 14.6 Å². The van der Waals surface area contributed by atoms with Crippen LogP contribution in [-0.4, -0.2) is 18.3 Å². The fourth-order valence-electron chi connectivity index (χ4n) is 2.02. The maximum Gasteiger partial charge on any atom is 0.337 e. The number of hydrogen-bond acceptors (Lipinski definition) is 5. The van der Waals surface area contributed by atoms with E-state index in [2.05, 4.69) is 23.3 Å². The van der Waals surface area contributed by atoms with E-state index in [0.717, 1.165) is 4.31 Å². The van der Waals surface area contributed by atoms with E-state index in [4.69, 9.17) is 20.9 Å². The Hall–Kier alpha value is -2.38. The standard InChI is InChI=1S/C15H12ClN3O3S/c1-21-11-4-2-3-10(8-11)17-15(20)19(23)14-12-6-5-9(16)7-13(12)22-18-14/h2-8,23H,1H3,(H,17,20). The number of benzene rings is 2. The number of nitrogens with zero attached hydrogens (tertiary/aromatic N) is 2. The zero-order valence-electron chi connectivity index (χ0n) is 12.0. The van der Waals surface area contributed by atoms with Crippen LogP contribution in [0.2, 0.25) is 5.02 Å². The second kappa shape index (κ2) is 6.39. The summed E-state index contributed by atoms with van der Waals surface area (Å²) < 4.78 is 11.3. The number of methoxy groups -OCH3 is 1. The van der Waals surface area contributed by atoms with Crippen molar-refractivity contribution in [3.8, 4) is 5.75 Å². The molecule has 0 aliphatic rings. The van der Waals surface area contributed by atoms with Gasteiger partial charge in [0.25, 0.3) is 0 Å². The molecule has 2 aromatic carbocycles. The maximum absolute atomic E-state index is 12.3. The molecular formula is C15H12ClN3O3S. The Morgan fingerprint density at radius 3 is 2.96 bits per heavy atom. The number of thiol groups is 1. The van der Waals surface area contributed by atoms with Gasteiger partial charge in [0.05, 0.1) is 12.5 Å². The second-order valence-electron chi connectivity index (χ2n) is 4.62. The number of hydrogen-bond donors (Lipinski definition) is 2. The van der Waals surface area contributed by atoms with Crippen LogP contribution in [0.25, 0.3) is 11.0 Å². The third kappa shape index (κ3) is 3.20. The van der Waals surface area contributed by atoms with E-state index in [0.29, 0.717) is 27.4 Å². The van der Waals surface area contributed by atoms with Crippen molar-refractivity contribution in [2.75, 3.05) is 16.7 Å². The van der Waals surface area contributed by atoms with Gasteiger partial charge >= 0.3 is 6.03 Å². The number of halogens is 1. The Bertz CT molecular complexity index is 868. The van der Waals surface area contributed by atoms with Crippen LogP contribution >= 0.6 is 24.4 Å². The van der Waals surface area contributed by atoms with Crippen molar-refractivity contribution in [2.24, 2.45) is 0 Å². The van der Waals surface area contributed by atoms with Crippen LogP contribution in [0, 0.1) is 0 Å². The molecular weight excluding hydrogens is 338 g/mol. The predicted molar refractivity (Wildman–Crippen MR) is 92.5 cm³/mol. The minimum absolute atomic E-state index is 0.278. The third-order valence-corrected chi connectivity index (χ3v) is 3.74. The van der Waals surface area contributed by atoms with Crippen LogP contribution in [0.3, 0.4) is 0 Å². The number of carbonyl (C=O) groups is 1. The summed E-state index contributed by atoms with van der Waals surface area (Å²) in [6.45, 7) is 0. The molecule has 23 heavy (non-hydrogen) atoms. The Balaban J connectivity index is 1.83. The van der Waals surface area contributed by atoms with Crippen LogP contribution in [0.15, 0.2) is 47.0 Å². The van der Waals surface area contributed by atoms with Crippen molar-refractivity contribution in [3.63, 3.8) is 0 Å². The lowest BCUT2D eigenvalue weighted by Crippen LogP contribution is -2.27. The molecule has 1 heterocycles. The molecule has 0 saturated heterocycles. The molecule has 0 radical (unpaired) electrons. The number of anilines is 2. The van der Waals surface area contributed by atoms with Crippen molar-refractivity contribution in [1.82, 2.24) is 5.16 Å². The molecule has 1 aromatic heterocycles. The minimum Gasteiger partial charge on any atom is -0.497 e. The van der Waals surface area contributed by atoms with Crippen LogP contribution in [-0.2, 0) is 0 Å². The van der Waals surface area contributed by atoms with Gasteiger partial charge in [-0.15, -0.1) is 0 Å². The fourth-order valence-corrected chi connectivity index (χ4v) is 2.38. The van der Waals surface area contributed by atoms with Crippen LogP contribution in [0.5, 0.6) is 5.75 Å². The maximum atomic E-state index is 12.3. The monoisotopic (exact) mass is 349 g/mol. The Labute approximate surface area is 142 Å². The van der Waals surface area contributed by atoms with E-state index in [9.17, 15) is 4.79 Å². The molecule has 2 amide bonds. The molecule has 3 rings (SSSR count). The largest absolute Gasteiger partial charge is 0.497 e. The molecule has 8 heteroatoms. The second-order valence-corrected chi connectivity index (χ2v) is 5.46. The van der Waals surface area contributed by atoms with Gasteiger partial charge in [0.2, 0.25) is 0 Å². The summed E-state index contributed by atoms with van der Waals surface area (Å²) in [6, 6.07) is 11.5. The van der Waals surface area contributed by atoms with Crippen molar-refractivity contribution in [1.29, 1.82) is 0 Å². The number of nitrogens with one attached hydrogen (secondary N) is 1. The molecule has 0 fully saturated rings. The molecule has 0 saturated carbocycles. The van der Waals surface area contributed by atoms with E-state index in [1.165, 1.54) is 0 Å². The van der Waals surface area contributed by atoms with Crippen molar-refractivity contribution in [2.45, 2.75) is 0 Å². The molecule has 0 unspecified atom stereocenters. The van der Waals surface area contributed by atoms with Crippen LogP contribution < -0.4 is 14.4 Å². The van der Waals surface area contributed by atoms with Crippen LogP contribution in [0.1, 0.15) is 0 Å². The summed E-state index contributed by atoms with van der Waals surface area (Å²) in [5.41, 5.74) is 1.05. The summed E-state index contributed by atoms with van der Waals surface area (Å²) in [6.07, 6.45) is 0. The van der Waals surface area contributed by atoms with Gasteiger partial charge in [0.15, 0.2) is 11.4 Å². The highest BCUT2D eigenvalue weighted by Crippen LogP contribution is 2.29. The van der Waals surface area contributed by atoms with E-state index in [1.807, 2.05) is 0 Å². The van der Waals surface area contributed by atoms with E-state index < -0.39 is 6.03 Å². The predicted octanol–water partition coefficient (Wildman–Crippen LogP) is 4.37. The molecule has 6 nitrogen and oxygen atoms in total. The summed E-state index contributed by atoms with van der Waals surface area (Å²) in [4.78, 5) is 12.3. The SMILES string of the molecule is COc1cccc(NC(=O)N(S)c2noc3cc(Cl)ccc23)c1. The number of aromatic nitrogens is 1. The molecule has 0 bridgehead atoms. The first-order valence-electron chi connectivity index (χ1n) is 6.57. The minimum atomic E-state index is -0.480. The highest BCUT2D eigenvalue weighted by Gasteiger charge is 2.19. The lowest BCUT2D eigenvalue weighted by Gasteiger charge is -2.14. The molecule has 0 aliphatic carbocycles. The van der Waals surface area contributed by atoms with Gasteiger partial charge in [-0.1, -0.05) is 35.6 Å². The van der Waals surface area contributed by atoms with Gasteiger partial charge in [-0.2, -0.15) is 0 Å². The lowest BCUT2D eigenvalue weighted by molar-refractivity contribution is 0.260. The summed E-state index contributed by atoms with van der Waals surface area (Å²) in [5, 5.41) is 7.72. The number of amides is 2. The van der Waals surface area contributed by atoms with Crippen molar-refractivity contribution < 1.29 is 14.1 Å². The van der Waals surface area contributed by atoms with Gasteiger partial charge in [0.1, 0.15) is 5.75 Å². The summed E-state index contributed by atoms with van der Waals surface area (Å²) >= 11 is 10.1. The molecule has 0 spiro atoms. The zero-order chi connectivity index (χ0) is 16.4. The van der Waals surface area contributed by atoms with E-state index >= 15 is 0 Å². The third-order valence-electron chi connectivity index (χ3n) is 3.13. The molecule has 0 aliphatic heterocycles. The molecule has 1 N–H and O–H groups in total. The number of rotatable bonds is 3. The Morgan fingerprint density at radius 1 is 1.35 bits per heavy atom. The van der Waals surface area contributed by atoms with Gasteiger partial charge in [-0.05, 0) is 24.3 Å². The first-order chi connectivity index (χ1) is 11.1. The first-order valence-corrected chi connectivity index (χ1v) is 7.35. The van der Waals surface area contributed by atoms with E-state index in [1.54, 1.807) is 49.6 Å². The first kappa shape index (κ1) is 15.5. The lowest BCUT2D eigenvalue weighted by atomic mass is 10.2. The molecule has 3 aromatic rings. The summed E-state index contributed by atoms with van der Waals surface area (Å²) in [5.74, 6) is 0.912. The Kier molecular flexibility index (Phi) is 4.31. The number of fused-ring (bicyclic) bond motifs is 1. The summed E-state index contributed by atoms with van der Waals surface area (Å²) in [7, 11) is 1.55. The topological polar surface area (TPSA) is 67.6 Å². The van der Waals surface area contributed by atoms with E-state index in [-0.39, 0.29) is 5.82 Å². The Morgan fingerprint density at radius 2 is 2.17 bits per heavy atom. The molecule has 118 valence electrons. The smallest absolute Gasteiger partial charge is 0.337 e. The number of urea groups is 1. The van der Waals surface area contributed by atoms with Gasteiger partial charge in [-0.3, -0.25) is 0 Å². The number of carbonyl (C=O) groups excluding carboxylic acids is 1. The highest BCUT2D eigenvalue weighted by atomic mass is 35.5. The van der Waals surface area contributed by atoms with Crippen molar-refractivity contribution >= 4 is 52.9 Å². The number of ether oxygens (including phenoxy) is 1. The van der Waals surface area contributed by atoms with Gasteiger partial charge in [0, 0.05) is 22.8 Å². The van der Waals surface area contributed by atoms with Gasteiger partial charge in [-0.25, -0.2) is 9.10 Å².